The van der Waals surface area contributed by atoms with Crippen LogP contribution < -0.4 is 10.6 Å². The maximum Gasteiger partial charge on any atom is 0.148 e. The molecule has 0 amide bonds. The summed E-state index contributed by atoms with van der Waals surface area (Å²) in [5, 5.41) is 6.57. The van der Waals surface area contributed by atoms with Crippen LogP contribution in [0.2, 0.25) is 0 Å². The Morgan fingerprint density at radius 3 is 2.70 bits per heavy atom. The van der Waals surface area contributed by atoms with Crippen LogP contribution >= 0.6 is 0 Å². The van der Waals surface area contributed by atoms with Crippen molar-refractivity contribution in [3.8, 4) is 0 Å². The summed E-state index contributed by atoms with van der Waals surface area (Å²) >= 11 is 0. The first-order chi connectivity index (χ1) is 9.81. The minimum Gasteiger partial charge on any atom is -0.371 e. The summed E-state index contributed by atoms with van der Waals surface area (Å²) in [7, 11) is 0. The number of aromatic nitrogens is 2. The number of nitrogens with one attached hydrogen (secondary N) is 2. The van der Waals surface area contributed by atoms with Gasteiger partial charge in [0, 0.05) is 18.8 Å². The molecule has 2 N–H and O–H groups in total. The fraction of sp³-hybridized carbons (Fsp3) is 0.333. The topological polar surface area (TPSA) is 59.1 Å². The van der Waals surface area contributed by atoms with E-state index in [0.29, 0.717) is 0 Å². The van der Waals surface area contributed by atoms with Crippen LogP contribution in [0, 0.1) is 6.92 Å². The van der Waals surface area contributed by atoms with Crippen LogP contribution in [0.3, 0.4) is 0 Å². The molecule has 20 heavy (non-hydrogen) atoms. The van der Waals surface area contributed by atoms with Crippen LogP contribution in [0.25, 0.3) is 0 Å². The van der Waals surface area contributed by atoms with Gasteiger partial charge in [-0.25, -0.2) is 4.98 Å². The second-order valence-electron chi connectivity index (χ2n) is 4.85. The van der Waals surface area contributed by atoms with E-state index in [1.807, 2.05) is 19.1 Å². The van der Waals surface area contributed by atoms with Crippen LogP contribution in [-0.4, -0.2) is 29.7 Å². The smallest absolute Gasteiger partial charge is 0.148 e. The molecule has 3 rings (SSSR count). The summed E-state index contributed by atoms with van der Waals surface area (Å²) in [6, 6.07) is 8.24. The molecule has 0 spiro atoms. The molecule has 0 aliphatic carbocycles. The van der Waals surface area contributed by atoms with Gasteiger partial charge in [0.15, 0.2) is 0 Å². The van der Waals surface area contributed by atoms with Gasteiger partial charge in [-0.3, -0.25) is 4.98 Å². The van der Waals surface area contributed by atoms with Crippen LogP contribution in [0.1, 0.15) is 17.4 Å². The number of hydrogen-bond acceptors (Lipinski definition) is 5. The van der Waals surface area contributed by atoms with Crippen molar-refractivity contribution < 1.29 is 4.74 Å². The van der Waals surface area contributed by atoms with E-state index in [1.165, 1.54) is 5.56 Å². The van der Waals surface area contributed by atoms with Crippen LogP contribution in [0.15, 0.2) is 36.7 Å². The predicted molar refractivity (Wildman–Crippen MR) is 78.1 cm³/mol. The zero-order chi connectivity index (χ0) is 13.8. The molecular formula is C15H18N4O. The quantitative estimate of drug-likeness (QED) is 0.895. The van der Waals surface area contributed by atoms with E-state index in [2.05, 4.69) is 32.7 Å². The average molecular weight is 270 g/mol. The van der Waals surface area contributed by atoms with Crippen molar-refractivity contribution in [2.75, 3.05) is 25.0 Å². The molecule has 5 nitrogen and oxygen atoms in total. The molecule has 1 aliphatic rings. The highest BCUT2D eigenvalue weighted by atomic mass is 16.5. The van der Waals surface area contributed by atoms with E-state index in [0.717, 1.165) is 36.9 Å². The molecule has 0 unspecified atom stereocenters. The number of nitrogens with zero attached hydrogens (tertiary/aromatic N) is 2. The number of morpholine rings is 1. The molecule has 0 bridgehead atoms. The van der Waals surface area contributed by atoms with Gasteiger partial charge in [0.25, 0.3) is 0 Å². The van der Waals surface area contributed by atoms with E-state index in [-0.39, 0.29) is 6.10 Å². The average Bonchev–Trinajstić information content (AvgIpc) is 2.51. The van der Waals surface area contributed by atoms with Gasteiger partial charge < -0.3 is 15.4 Å². The molecule has 1 atom stereocenters. The Balaban J connectivity index is 1.67. The number of hydrogen-bond donors (Lipinski definition) is 2. The third kappa shape index (κ3) is 3.12. The Morgan fingerprint density at radius 2 is 2.05 bits per heavy atom. The van der Waals surface area contributed by atoms with Gasteiger partial charge in [0.1, 0.15) is 5.82 Å². The zero-order valence-electron chi connectivity index (χ0n) is 11.5. The first kappa shape index (κ1) is 13.0. The Labute approximate surface area is 118 Å². The van der Waals surface area contributed by atoms with E-state index >= 15 is 0 Å². The predicted octanol–water partition coefficient (Wildman–Crippen LogP) is 2.19. The van der Waals surface area contributed by atoms with Crippen molar-refractivity contribution in [2.45, 2.75) is 13.0 Å². The second-order valence-corrected chi connectivity index (χ2v) is 4.85. The number of benzene rings is 1. The molecule has 5 heteroatoms. The maximum absolute atomic E-state index is 5.73. The first-order valence-corrected chi connectivity index (χ1v) is 6.79. The summed E-state index contributed by atoms with van der Waals surface area (Å²) in [4.78, 5) is 8.49. The van der Waals surface area contributed by atoms with E-state index in [9.17, 15) is 0 Å². The number of aryl methyl sites for hydroxylation is 1. The van der Waals surface area contributed by atoms with Gasteiger partial charge >= 0.3 is 0 Å². The molecule has 1 aromatic carbocycles. The minimum atomic E-state index is 0.150. The third-order valence-electron chi connectivity index (χ3n) is 3.26. The molecule has 2 aromatic rings. The lowest BCUT2D eigenvalue weighted by Crippen LogP contribution is -2.33. The normalized spacial score (nSPS) is 18.8. The maximum atomic E-state index is 5.73. The lowest BCUT2D eigenvalue weighted by Gasteiger charge is -2.24. The number of ether oxygens (including phenoxy) is 1. The SMILES string of the molecule is Cc1cnc(Nc2ccc([C@@H]3CNCCO3)cc2)cn1. The van der Waals surface area contributed by atoms with Crippen molar-refractivity contribution in [3.63, 3.8) is 0 Å². The molecule has 0 saturated carbocycles. The fourth-order valence-corrected chi connectivity index (χ4v) is 2.17. The highest BCUT2D eigenvalue weighted by Gasteiger charge is 2.15. The van der Waals surface area contributed by atoms with Gasteiger partial charge in [-0.2, -0.15) is 0 Å². The van der Waals surface area contributed by atoms with Crippen LogP contribution in [0.5, 0.6) is 0 Å². The van der Waals surface area contributed by atoms with Gasteiger partial charge in [0.05, 0.1) is 30.8 Å². The number of rotatable bonds is 3. The molecule has 1 saturated heterocycles. The Kier molecular flexibility index (Phi) is 3.90. The van der Waals surface area contributed by atoms with Crippen molar-refractivity contribution in [2.24, 2.45) is 0 Å². The largest absolute Gasteiger partial charge is 0.371 e. The zero-order valence-corrected chi connectivity index (χ0v) is 11.5. The Hall–Kier alpha value is -1.98. The minimum absolute atomic E-state index is 0.150. The fourth-order valence-electron chi connectivity index (χ4n) is 2.17. The summed E-state index contributed by atoms with van der Waals surface area (Å²) in [5.41, 5.74) is 3.10. The Bertz CT molecular complexity index is 547. The molecule has 1 aromatic heterocycles. The first-order valence-electron chi connectivity index (χ1n) is 6.79. The second kappa shape index (κ2) is 5.98. The van der Waals surface area contributed by atoms with E-state index in [4.69, 9.17) is 4.74 Å². The van der Waals surface area contributed by atoms with Crippen molar-refractivity contribution in [3.05, 3.63) is 47.9 Å². The summed E-state index contributed by atoms with van der Waals surface area (Å²) < 4.78 is 5.73. The van der Waals surface area contributed by atoms with Gasteiger partial charge in [-0.15, -0.1) is 0 Å². The Morgan fingerprint density at radius 1 is 1.20 bits per heavy atom. The molecule has 104 valence electrons. The number of anilines is 2. The molecule has 1 fully saturated rings. The highest BCUT2D eigenvalue weighted by Crippen LogP contribution is 2.21. The van der Waals surface area contributed by atoms with Gasteiger partial charge in [0.2, 0.25) is 0 Å². The van der Waals surface area contributed by atoms with E-state index in [1.54, 1.807) is 12.4 Å². The van der Waals surface area contributed by atoms with Crippen molar-refractivity contribution >= 4 is 11.5 Å². The van der Waals surface area contributed by atoms with Gasteiger partial charge in [-0.1, -0.05) is 12.1 Å². The van der Waals surface area contributed by atoms with Crippen molar-refractivity contribution in [1.29, 1.82) is 0 Å². The van der Waals surface area contributed by atoms with Crippen molar-refractivity contribution in [1.82, 2.24) is 15.3 Å². The highest BCUT2D eigenvalue weighted by molar-refractivity contribution is 5.55. The van der Waals surface area contributed by atoms with Crippen LogP contribution in [0.4, 0.5) is 11.5 Å². The standard InChI is InChI=1S/C15H18N4O/c1-11-8-18-15(10-17-11)19-13-4-2-12(3-5-13)14-9-16-6-7-20-14/h2-5,8,10,14,16H,6-7,9H2,1H3,(H,18,19)/t14-/m0/s1. The molecule has 2 heterocycles. The molecular weight excluding hydrogens is 252 g/mol. The summed E-state index contributed by atoms with van der Waals surface area (Å²) in [5.74, 6) is 0.749. The summed E-state index contributed by atoms with van der Waals surface area (Å²) in [6.45, 7) is 4.49. The van der Waals surface area contributed by atoms with E-state index < -0.39 is 0 Å². The third-order valence-corrected chi connectivity index (χ3v) is 3.26. The lowest BCUT2D eigenvalue weighted by molar-refractivity contribution is 0.0277. The summed E-state index contributed by atoms with van der Waals surface area (Å²) in [6.07, 6.45) is 3.63. The van der Waals surface area contributed by atoms with Crippen LogP contribution in [-0.2, 0) is 4.74 Å². The van der Waals surface area contributed by atoms with Gasteiger partial charge in [-0.05, 0) is 24.6 Å². The monoisotopic (exact) mass is 270 g/mol. The lowest BCUT2D eigenvalue weighted by atomic mass is 10.1. The molecule has 0 radical (unpaired) electrons. The molecule has 1 aliphatic heterocycles.